The van der Waals surface area contributed by atoms with E-state index in [-0.39, 0.29) is 5.69 Å². The Balaban J connectivity index is 1.79. The van der Waals surface area contributed by atoms with Gasteiger partial charge in [0, 0.05) is 11.6 Å². The van der Waals surface area contributed by atoms with Crippen molar-refractivity contribution in [1.82, 2.24) is 19.7 Å². The standard InChI is InChI=1S/C22H13ClN6O4/c23-15-6-2-1-5-14(15)18-12-21(22-24-16-7-3-4-8-17(16)25-22)27(26-18)19-10-9-13(28(30)31)11-20(19)29(32)33/h1-12H,(H,24,25). The summed E-state index contributed by atoms with van der Waals surface area (Å²) in [5, 5.41) is 28.0. The molecule has 0 bridgehead atoms. The molecule has 3 aromatic carbocycles. The monoisotopic (exact) mass is 460 g/mol. The number of aromatic nitrogens is 4. The zero-order chi connectivity index (χ0) is 23.1. The van der Waals surface area contributed by atoms with Gasteiger partial charge in [-0.3, -0.25) is 20.2 Å². The second kappa shape index (κ2) is 7.84. The number of halogens is 1. The molecule has 11 heteroatoms. The molecular formula is C22H13ClN6O4. The molecule has 33 heavy (non-hydrogen) atoms. The van der Waals surface area contributed by atoms with Gasteiger partial charge in [0.2, 0.25) is 0 Å². The first-order valence-electron chi connectivity index (χ1n) is 9.65. The van der Waals surface area contributed by atoms with E-state index in [9.17, 15) is 20.2 Å². The molecule has 2 aromatic heterocycles. The van der Waals surface area contributed by atoms with Gasteiger partial charge in [0.15, 0.2) is 5.82 Å². The van der Waals surface area contributed by atoms with E-state index in [0.29, 0.717) is 33.3 Å². The molecule has 0 aliphatic carbocycles. The largest absolute Gasteiger partial charge is 0.337 e. The van der Waals surface area contributed by atoms with Crippen LogP contribution in [0.15, 0.2) is 72.8 Å². The Kier molecular flexibility index (Phi) is 4.83. The number of nitro groups is 2. The van der Waals surface area contributed by atoms with Crippen molar-refractivity contribution in [2.45, 2.75) is 0 Å². The highest BCUT2D eigenvalue weighted by Crippen LogP contribution is 2.35. The Bertz CT molecular complexity index is 1520. The number of non-ortho nitro benzene ring substituents is 1. The normalized spacial score (nSPS) is 11.1. The molecule has 0 aliphatic heterocycles. The van der Waals surface area contributed by atoms with Crippen LogP contribution in [0.1, 0.15) is 0 Å². The van der Waals surface area contributed by atoms with Crippen LogP contribution in [0.2, 0.25) is 5.02 Å². The lowest BCUT2D eigenvalue weighted by Crippen LogP contribution is -2.05. The number of imidazole rings is 1. The van der Waals surface area contributed by atoms with Gasteiger partial charge < -0.3 is 4.98 Å². The number of para-hydroxylation sites is 2. The summed E-state index contributed by atoms with van der Waals surface area (Å²) in [6, 6.07) is 19.6. The molecule has 1 N–H and O–H groups in total. The number of nitro benzene ring substituents is 2. The highest BCUT2D eigenvalue weighted by Gasteiger charge is 2.25. The summed E-state index contributed by atoms with van der Waals surface area (Å²) in [6.45, 7) is 0. The quantitative estimate of drug-likeness (QED) is 0.270. The predicted octanol–water partition coefficient (Wildman–Crippen LogP) is 5.55. The summed E-state index contributed by atoms with van der Waals surface area (Å²) in [7, 11) is 0. The molecule has 5 rings (SSSR count). The molecule has 0 atom stereocenters. The zero-order valence-electron chi connectivity index (χ0n) is 16.7. The van der Waals surface area contributed by atoms with Crippen molar-refractivity contribution < 1.29 is 9.85 Å². The van der Waals surface area contributed by atoms with Crippen LogP contribution in [-0.2, 0) is 0 Å². The summed E-state index contributed by atoms with van der Waals surface area (Å²) in [5.41, 5.74) is 2.20. The van der Waals surface area contributed by atoms with Crippen molar-refractivity contribution in [1.29, 1.82) is 0 Å². The first-order valence-corrected chi connectivity index (χ1v) is 10.0. The minimum atomic E-state index is -0.685. The van der Waals surface area contributed by atoms with Crippen molar-refractivity contribution in [2.75, 3.05) is 0 Å². The number of nitrogens with zero attached hydrogens (tertiary/aromatic N) is 5. The van der Waals surface area contributed by atoms with Crippen LogP contribution in [0.3, 0.4) is 0 Å². The minimum Gasteiger partial charge on any atom is -0.337 e. The third-order valence-electron chi connectivity index (χ3n) is 5.09. The van der Waals surface area contributed by atoms with Crippen LogP contribution in [-0.4, -0.2) is 29.6 Å². The van der Waals surface area contributed by atoms with Crippen LogP contribution in [0, 0.1) is 20.2 Å². The molecule has 2 heterocycles. The molecular weight excluding hydrogens is 448 g/mol. The van der Waals surface area contributed by atoms with Gasteiger partial charge in [-0.05, 0) is 30.3 Å². The van der Waals surface area contributed by atoms with Crippen molar-refractivity contribution in [3.05, 3.63) is 98.0 Å². The third-order valence-corrected chi connectivity index (χ3v) is 5.42. The van der Waals surface area contributed by atoms with E-state index < -0.39 is 21.2 Å². The Morgan fingerprint density at radius 2 is 1.67 bits per heavy atom. The van der Waals surface area contributed by atoms with Crippen molar-refractivity contribution in [2.24, 2.45) is 0 Å². The molecule has 0 unspecified atom stereocenters. The summed E-state index contributed by atoms with van der Waals surface area (Å²) in [6.07, 6.45) is 0. The minimum absolute atomic E-state index is 0.0550. The van der Waals surface area contributed by atoms with Crippen molar-refractivity contribution in [3.8, 4) is 28.5 Å². The van der Waals surface area contributed by atoms with Crippen molar-refractivity contribution in [3.63, 3.8) is 0 Å². The molecule has 0 fully saturated rings. The number of H-pyrrole nitrogens is 1. The second-order valence-corrected chi connectivity index (χ2v) is 7.50. The van der Waals surface area contributed by atoms with Crippen LogP contribution in [0.4, 0.5) is 11.4 Å². The molecule has 0 saturated heterocycles. The summed E-state index contributed by atoms with van der Waals surface area (Å²) < 4.78 is 1.35. The van der Waals surface area contributed by atoms with Gasteiger partial charge in [-0.15, -0.1) is 0 Å². The summed E-state index contributed by atoms with van der Waals surface area (Å²) in [5.74, 6) is 0.426. The average molecular weight is 461 g/mol. The van der Waals surface area contributed by atoms with Gasteiger partial charge in [-0.25, -0.2) is 9.67 Å². The van der Waals surface area contributed by atoms with Crippen LogP contribution in [0.5, 0.6) is 0 Å². The molecule has 0 radical (unpaired) electrons. The lowest BCUT2D eigenvalue weighted by molar-refractivity contribution is -0.394. The summed E-state index contributed by atoms with van der Waals surface area (Å²) in [4.78, 5) is 29.4. The third kappa shape index (κ3) is 3.58. The van der Waals surface area contributed by atoms with Gasteiger partial charge in [-0.1, -0.05) is 41.9 Å². The number of hydrogen-bond donors (Lipinski definition) is 1. The number of nitrogens with one attached hydrogen (secondary N) is 1. The van der Waals surface area contributed by atoms with Gasteiger partial charge >= 0.3 is 5.69 Å². The summed E-state index contributed by atoms with van der Waals surface area (Å²) >= 11 is 6.36. The number of rotatable bonds is 5. The topological polar surface area (TPSA) is 133 Å². The highest BCUT2D eigenvalue weighted by atomic mass is 35.5. The lowest BCUT2D eigenvalue weighted by Gasteiger charge is -2.06. The molecule has 10 nitrogen and oxygen atoms in total. The van der Waals surface area contributed by atoms with E-state index in [1.165, 1.54) is 16.8 Å². The Hall–Kier alpha value is -4.57. The van der Waals surface area contributed by atoms with E-state index in [1.807, 2.05) is 24.3 Å². The van der Waals surface area contributed by atoms with Gasteiger partial charge in [0.05, 0.1) is 37.7 Å². The average Bonchev–Trinajstić information content (AvgIpc) is 3.43. The lowest BCUT2D eigenvalue weighted by atomic mass is 10.1. The predicted molar refractivity (Wildman–Crippen MR) is 122 cm³/mol. The van der Waals surface area contributed by atoms with E-state index in [0.717, 1.165) is 11.6 Å². The number of hydrogen-bond acceptors (Lipinski definition) is 6. The fourth-order valence-corrected chi connectivity index (χ4v) is 3.79. The zero-order valence-corrected chi connectivity index (χ0v) is 17.4. The molecule has 0 aliphatic rings. The van der Waals surface area contributed by atoms with E-state index in [2.05, 4.69) is 15.1 Å². The van der Waals surface area contributed by atoms with Crippen molar-refractivity contribution >= 4 is 34.0 Å². The van der Waals surface area contributed by atoms with Gasteiger partial charge in [0.25, 0.3) is 5.69 Å². The first-order chi connectivity index (χ1) is 15.9. The Morgan fingerprint density at radius 1 is 0.909 bits per heavy atom. The fourth-order valence-electron chi connectivity index (χ4n) is 3.56. The molecule has 162 valence electrons. The maximum absolute atomic E-state index is 11.8. The molecule has 0 amide bonds. The highest BCUT2D eigenvalue weighted by molar-refractivity contribution is 6.33. The van der Waals surface area contributed by atoms with E-state index >= 15 is 0 Å². The second-order valence-electron chi connectivity index (χ2n) is 7.10. The Labute approximate surface area is 190 Å². The van der Waals surface area contributed by atoms with Crippen LogP contribution >= 0.6 is 11.6 Å². The van der Waals surface area contributed by atoms with Crippen LogP contribution < -0.4 is 0 Å². The van der Waals surface area contributed by atoms with E-state index in [1.54, 1.807) is 30.3 Å². The van der Waals surface area contributed by atoms with E-state index in [4.69, 9.17) is 11.6 Å². The molecule has 5 aromatic rings. The molecule has 0 spiro atoms. The van der Waals surface area contributed by atoms with Gasteiger partial charge in [-0.2, -0.15) is 5.10 Å². The maximum Gasteiger partial charge on any atom is 0.301 e. The van der Waals surface area contributed by atoms with Gasteiger partial charge in [0.1, 0.15) is 11.4 Å². The number of fused-ring (bicyclic) bond motifs is 1. The first kappa shape index (κ1) is 20.3. The smallest absolute Gasteiger partial charge is 0.301 e. The maximum atomic E-state index is 11.8. The van der Waals surface area contributed by atoms with Crippen LogP contribution in [0.25, 0.3) is 39.5 Å². The fraction of sp³-hybridized carbons (Fsp3) is 0. The Morgan fingerprint density at radius 3 is 2.39 bits per heavy atom. The molecule has 0 saturated carbocycles. The number of benzene rings is 3. The SMILES string of the molecule is O=[N+]([O-])c1ccc(-n2nc(-c3ccccc3Cl)cc2-c2nc3ccccc3[nH]2)c([N+](=O)[O-])c1. The number of aromatic amines is 1.